The maximum atomic E-state index is 11.3. The van der Waals surface area contributed by atoms with Crippen LogP contribution in [0.15, 0.2) is 6.07 Å². The number of nitrogens with zero attached hydrogens (tertiary/aromatic N) is 2. The number of aromatic nitrogens is 2. The highest BCUT2D eigenvalue weighted by molar-refractivity contribution is 8.07. The minimum atomic E-state index is -3.73. The maximum Gasteiger partial charge on any atom is 0.381 e. The average Bonchev–Trinajstić information content (AvgIpc) is 2.66. The summed E-state index contributed by atoms with van der Waals surface area (Å²) in [6.45, 7) is 7.78. The van der Waals surface area contributed by atoms with E-state index in [9.17, 15) is 9.67 Å². The van der Waals surface area contributed by atoms with E-state index in [2.05, 4.69) is 19.0 Å². The molecule has 0 aliphatic rings. The van der Waals surface area contributed by atoms with Gasteiger partial charge in [-0.25, -0.2) is 4.98 Å². The minimum absolute atomic E-state index is 0.222. The van der Waals surface area contributed by atoms with Gasteiger partial charge in [0.05, 0.1) is 13.2 Å². The van der Waals surface area contributed by atoms with Gasteiger partial charge in [0.25, 0.3) is 0 Å². The summed E-state index contributed by atoms with van der Waals surface area (Å²) in [4.78, 5) is 8.71. The van der Waals surface area contributed by atoms with Gasteiger partial charge < -0.3 is 18.7 Å². The molecule has 1 unspecified atom stereocenters. The molecular formula is C16H29Cl3N2O7P2S. The molecule has 1 heterocycles. The van der Waals surface area contributed by atoms with E-state index in [4.69, 9.17) is 60.2 Å². The van der Waals surface area contributed by atoms with Crippen LogP contribution < -0.4 is 4.52 Å². The molecule has 1 atom stereocenters. The summed E-state index contributed by atoms with van der Waals surface area (Å²) in [5, 5.41) is 9.20. The third-order valence-corrected chi connectivity index (χ3v) is 8.74. The molecule has 0 saturated carbocycles. The molecule has 0 aliphatic carbocycles. The standard InChI is InChI=1S/C12H21N2O3PS.C4H8Cl3O4P/c1-6-15-18(19,16-7-2)17-11-8-10(5)13-12(14-11)9(3)4;1-10-12(9,11-2)3(8)4(5,6)7/h8-9H,6-7H2,1-5H3;3,8H,1-2H3. The van der Waals surface area contributed by atoms with Crippen molar-refractivity contribution in [1.29, 1.82) is 0 Å². The smallest absolute Gasteiger partial charge is 0.381 e. The second-order valence-electron chi connectivity index (χ2n) is 6.05. The number of halogens is 3. The first-order valence-corrected chi connectivity index (χ1v) is 14.4. The molecule has 0 aliphatic heterocycles. The van der Waals surface area contributed by atoms with Crippen molar-refractivity contribution in [1.82, 2.24) is 9.97 Å². The van der Waals surface area contributed by atoms with Crippen LogP contribution in [0.3, 0.4) is 0 Å². The summed E-state index contributed by atoms with van der Waals surface area (Å²) >= 11 is 21.1. The number of aliphatic hydroxyl groups is 1. The van der Waals surface area contributed by atoms with Crippen LogP contribution in [-0.2, 0) is 34.5 Å². The van der Waals surface area contributed by atoms with Crippen molar-refractivity contribution in [2.75, 3.05) is 27.4 Å². The lowest BCUT2D eigenvalue weighted by Crippen LogP contribution is -2.26. The molecule has 0 amide bonds. The summed E-state index contributed by atoms with van der Waals surface area (Å²) in [5.41, 5.74) is 0.836. The van der Waals surface area contributed by atoms with Gasteiger partial charge in [-0.3, -0.25) is 13.6 Å². The number of hydrogen-bond donors (Lipinski definition) is 1. The molecular weight excluding hydrogens is 533 g/mol. The summed E-state index contributed by atoms with van der Waals surface area (Å²) in [6, 6.07) is 1.74. The molecule has 1 aromatic rings. The zero-order chi connectivity index (χ0) is 24.5. The van der Waals surface area contributed by atoms with Gasteiger partial charge in [-0.05, 0) is 20.8 Å². The van der Waals surface area contributed by atoms with Crippen LogP contribution >= 0.6 is 49.1 Å². The Morgan fingerprint density at radius 3 is 1.94 bits per heavy atom. The van der Waals surface area contributed by atoms with Crippen LogP contribution in [0, 0.1) is 6.92 Å². The van der Waals surface area contributed by atoms with Gasteiger partial charge in [0, 0.05) is 43.7 Å². The molecule has 0 fully saturated rings. The molecule has 1 N–H and O–H groups in total. The zero-order valence-electron chi connectivity index (χ0n) is 18.4. The molecule has 0 aromatic carbocycles. The average molecular weight is 562 g/mol. The van der Waals surface area contributed by atoms with Gasteiger partial charge >= 0.3 is 14.3 Å². The lowest BCUT2D eigenvalue weighted by atomic mass is 10.2. The second-order valence-corrected chi connectivity index (χ2v) is 13.7. The number of aryl methyl sites for hydroxylation is 1. The Kier molecular flexibility index (Phi) is 14.2. The van der Waals surface area contributed by atoms with Crippen molar-refractivity contribution in [2.45, 2.75) is 50.2 Å². The fourth-order valence-electron chi connectivity index (χ4n) is 1.84. The lowest BCUT2D eigenvalue weighted by Gasteiger charge is -2.24. The molecule has 182 valence electrons. The molecule has 0 bridgehead atoms. The predicted octanol–water partition coefficient (Wildman–Crippen LogP) is 5.75. The third kappa shape index (κ3) is 10.9. The highest BCUT2D eigenvalue weighted by Crippen LogP contribution is 2.57. The number of aliphatic hydroxyl groups excluding tert-OH is 1. The van der Waals surface area contributed by atoms with Crippen LogP contribution in [0.1, 0.15) is 45.1 Å². The molecule has 15 heteroatoms. The highest BCUT2D eigenvalue weighted by Gasteiger charge is 2.46. The van der Waals surface area contributed by atoms with Gasteiger partial charge in [0.15, 0.2) is 0 Å². The summed E-state index contributed by atoms with van der Waals surface area (Å²) in [5.74, 6) is -0.435. The van der Waals surface area contributed by atoms with Gasteiger partial charge in [-0.15, -0.1) is 0 Å². The van der Waals surface area contributed by atoms with E-state index in [0.29, 0.717) is 19.1 Å². The Morgan fingerprint density at radius 1 is 1.13 bits per heavy atom. The zero-order valence-corrected chi connectivity index (χ0v) is 23.2. The second kappa shape index (κ2) is 14.0. The topological polar surface area (TPSA) is 109 Å². The Hall–Kier alpha value is 0.430. The van der Waals surface area contributed by atoms with Crippen LogP contribution in [0.2, 0.25) is 0 Å². The number of alkyl halides is 3. The van der Waals surface area contributed by atoms with E-state index < -0.39 is 24.0 Å². The van der Waals surface area contributed by atoms with Gasteiger partial charge in [-0.1, -0.05) is 48.7 Å². The quantitative estimate of drug-likeness (QED) is 0.280. The van der Waals surface area contributed by atoms with Crippen molar-refractivity contribution in [3.63, 3.8) is 0 Å². The summed E-state index contributed by atoms with van der Waals surface area (Å²) in [6.07, 6.45) is 0. The van der Waals surface area contributed by atoms with Crippen molar-refractivity contribution < 1.29 is 32.3 Å². The summed E-state index contributed by atoms with van der Waals surface area (Å²) in [7, 11) is -1.56. The molecule has 0 radical (unpaired) electrons. The van der Waals surface area contributed by atoms with Gasteiger partial charge in [-0.2, -0.15) is 4.98 Å². The van der Waals surface area contributed by atoms with E-state index in [-0.39, 0.29) is 5.92 Å². The first kappa shape index (κ1) is 31.4. The van der Waals surface area contributed by atoms with Crippen LogP contribution in [0.5, 0.6) is 5.88 Å². The first-order chi connectivity index (χ1) is 14.2. The van der Waals surface area contributed by atoms with Crippen LogP contribution in [-0.4, -0.2) is 52.1 Å². The Labute approximate surface area is 203 Å². The van der Waals surface area contributed by atoms with Crippen LogP contribution in [0.25, 0.3) is 0 Å². The van der Waals surface area contributed by atoms with E-state index in [0.717, 1.165) is 25.7 Å². The Morgan fingerprint density at radius 2 is 1.61 bits per heavy atom. The van der Waals surface area contributed by atoms with Crippen LogP contribution in [0.4, 0.5) is 0 Å². The molecule has 1 rings (SSSR count). The molecule has 0 spiro atoms. The van der Waals surface area contributed by atoms with E-state index in [1.165, 1.54) is 0 Å². The SMILES string of the molecule is CCOP(=S)(OCC)Oc1cc(C)nc(C(C)C)n1.COP(=O)(OC)C(O)C(Cl)(Cl)Cl. The highest BCUT2D eigenvalue weighted by atomic mass is 35.6. The van der Waals surface area contributed by atoms with E-state index >= 15 is 0 Å². The van der Waals surface area contributed by atoms with Gasteiger partial charge in [0.1, 0.15) is 5.82 Å². The minimum Gasteiger partial charge on any atom is -0.406 e. The molecule has 0 saturated heterocycles. The fraction of sp³-hybridized carbons (Fsp3) is 0.750. The molecule has 31 heavy (non-hydrogen) atoms. The Balaban J connectivity index is 0.000000649. The van der Waals surface area contributed by atoms with Gasteiger partial charge in [0.2, 0.25) is 15.5 Å². The van der Waals surface area contributed by atoms with Crippen molar-refractivity contribution in [3.05, 3.63) is 17.6 Å². The van der Waals surface area contributed by atoms with Crippen molar-refractivity contribution in [3.8, 4) is 5.88 Å². The largest absolute Gasteiger partial charge is 0.406 e. The Bertz CT molecular complexity index is 766. The number of rotatable bonds is 10. The van der Waals surface area contributed by atoms with Crippen molar-refractivity contribution >= 4 is 60.9 Å². The van der Waals surface area contributed by atoms with E-state index in [1.54, 1.807) is 6.07 Å². The number of hydrogen-bond acceptors (Lipinski definition) is 10. The predicted molar refractivity (Wildman–Crippen MR) is 127 cm³/mol. The monoisotopic (exact) mass is 560 g/mol. The maximum absolute atomic E-state index is 11.3. The lowest BCUT2D eigenvalue weighted by molar-refractivity contribution is 0.176. The summed E-state index contributed by atoms with van der Waals surface area (Å²) < 4.78 is 34.6. The normalized spacial score (nSPS) is 13.5. The molecule has 1 aromatic heterocycles. The van der Waals surface area contributed by atoms with Crippen molar-refractivity contribution in [2.24, 2.45) is 0 Å². The third-order valence-electron chi connectivity index (χ3n) is 3.25. The fourth-order valence-corrected chi connectivity index (χ4v) is 5.82. The van der Waals surface area contributed by atoms with E-state index in [1.807, 2.05) is 34.6 Å². The molecule has 9 nitrogen and oxygen atoms in total. The first-order valence-electron chi connectivity index (χ1n) is 9.08.